The summed E-state index contributed by atoms with van der Waals surface area (Å²) < 4.78 is 4.75. The lowest BCUT2D eigenvalue weighted by Gasteiger charge is -2.18. The van der Waals surface area contributed by atoms with Crippen molar-refractivity contribution in [1.82, 2.24) is 19.1 Å². The molecule has 42 heavy (non-hydrogen) atoms. The van der Waals surface area contributed by atoms with Gasteiger partial charge in [0.05, 0.1) is 46.2 Å². The third-order valence-electron chi connectivity index (χ3n) is 7.91. The van der Waals surface area contributed by atoms with Gasteiger partial charge >= 0.3 is 0 Å². The van der Waals surface area contributed by atoms with Crippen molar-refractivity contribution in [3.05, 3.63) is 158 Å². The van der Waals surface area contributed by atoms with Gasteiger partial charge in [-0.15, -0.1) is 0 Å². The van der Waals surface area contributed by atoms with E-state index < -0.39 is 0 Å². The first-order valence-corrected chi connectivity index (χ1v) is 14.1. The maximum Gasteiger partial charge on any atom is 0.0795 e. The average molecular weight is 539 g/mol. The van der Waals surface area contributed by atoms with Crippen molar-refractivity contribution in [3.8, 4) is 45.0 Å². The minimum absolute atomic E-state index is 1.01. The molecule has 4 aromatic carbocycles. The summed E-state index contributed by atoms with van der Waals surface area (Å²) in [7, 11) is 0. The zero-order valence-corrected chi connectivity index (χ0v) is 22.8. The molecule has 4 aromatic heterocycles. The topological polar surface area (TPSA) is 35.6 Å². The van der Waals surface area contributed by atoms with Crippen molar-refractivity contribution in [2.45, 2.75) is 0 Å². The predicted octanol–water partition coefficient (Wildman–Crippen LogP) is 9.37. The quantitative estimate of drug-likeness (QED) is 0.219. The van der Waals surface area contributed by atoms with Gasteiger partial charge in [0.15, 0.2) is 0 Å². The van der Waals surface area contributed by atoms with Crippen molar-refractivity contribution in [1.29, 1.82) is 0 Å². The first kappa shape index (κ1) is 24.1. The Morgan fingerprint density at radius 1 is 0.381 bits per heavy atom. The van der Waals surface area contributed by atoms with E-state index in [1.165, 1.54) is 21.9 Å². The van der Waals surface area contributed by atoms with E-state index in [2.05, 4.69) is 140 Å². The number of benzene rings is 4. The molecule has 0 aliphatic heterocycles. The van der Waals surface area contributed by atoms with Crippen molar-refractivity contribution in [2.75, 3.05) is 0 Å². The van der Waals surface area contributed by atoms with Crippen LogP contribution in [-0.2, 0) is 0 Å². The summed E-state index contributed by atoms with van der Waals surface area (Å²) in [6.45, 7) is 0. The Kier molecular flexibility index (Phi) is 5.75. The molecular weight excluding hydrogens is 512 g/mol. The molecule has 0 aliphatic rings. The molecule has 0 aliphatic carbocycles. The Bertz CT molecular complexity index is 1850. The maximum absolute atomic E-state index is 4.55. The molecule has 8 rings (SSSR count). The van der Waals surface area contributed by atoms with Gasteiger partial charge < -0.3 is 9.13 Å². The number of aromatic nitrogens is 4. The predicted molar refractivity (Wildman–Crippen MR) is 172 cm³/mol. The first-order chi connectivity index (χ1) is 20.9. The molecule has 4 heteroatoms. The number of fused-ring (bicyclic) bond motifs is 2. The van der Waals surface area contributed by atoms with E-state index in [4.69, 9.17) is 0 Å². The highest BCUT2D eigenvalue weighted by Gasteiger charge is 2.29. The molecule has 0 N–H and O–H groups in total. The molecule has 0 saturated heterocycles. The molecule has 0 saturated carbocycles. The van der Waals surface area contributed by atoms with Crippen LogP contribution in [0.1, 0.15) is 0 Å². The van der Waals surface area contributed by atoms with Gasteiger partial charge in [-0.25, -0.2) is 0 Å². The fraction of sp³-hybridized carbons (Fsp3) is 0. The van der Waals surface area contributed by atoms with Crippen LogP contribution in [0.3, 0.4) is 0 Å². The van der Waals surface area contributed by atoms with Crippen molar-refractivity contribution in [3.63, 3.8) is 0 Å². The summed E-state index contributed by atoms with van der Waals surface area (Å²) in [5, 5.41) is 2.37. The van der Waals surface area contributed by atoms with Crippen LogP contribution in [0.5, 0.6) is 0 Å². The summed E-state index contributed by atoms with van der Waals surface area (Å²) >= 11 is 0. The molecule has 0 spiro atoms. The summed E-state index contributed by atoms with van der Waals surface area (Å²) in [4.78, 5) is 9.10. The second kappa shape index (κ2) is 10.0. The fourth-order valence-corrected chi connectivity index (χ4v) is 6.23. The Hall–Kier alpha value is -5.74. The molecule has 0 radical (unpaired) electrons. The Morgan fingerprint density at radius 2 is 0.786 bits per heavy atom. The molecule has 4 heterocycles. The molecule has 0 amide bonds. The fourth-order valence-electron chi connectivity index (χ4n) is 6.23. The second-order valence-corrected chi connectivity index (χ2v) is 10.3. The zero-order chi connectivity index (χ0) is 27.9. The molecular formula is C38H26N4. The summed E-state index contributed by atoms with van der Waals surface area (Å²) in [6.07, 6.45) is 7.55. The molecule has 4 nitrogen and oxygen atoms in total. The van der Waals surface area contributed by atoms with Crippen LogP contribution >= 0.6 is 0 Å². The third-order valence-corrected chi connectivity index (χ3v) is 7.91. The number of hydrogen-bond acceptors (Lipinski definition) is 2. The van der Waals surface area contributed by atoms with Crippen LogP contribution < -0.4 is 0 Å². The van der Waals surface area contributed by atoms with E-state index in [1.807, 2.05) is 36.9 Å². The van der Waals surface area contributed by atoms with Gasteiger partial charge in [0, 0.05) is 34.3 Å². The normalized spacial score (nSPS) is 11.3. The Morgan fingerprint density at radius 3 is 1.19 bits per heavy atom. The van der Waals surface area contributed by atoms with Gasteiger partial charge in [0.1, 0.15) is 0 Å². The number of pyridine rings is 2. The molecule has 0 atom stereocenters. The Balaban J connectivity index is 1.66. The highest BCUT2D eigenvalue weighted by molar-refractivity contribution is 6.12. The number of nitrogens with zero attached hydrogens (tertiary/aromatic N) is 4. The van der Waals surface area contributed by atoms with E-state index in [0.29, 0.717) is 0 Å². The molecule has 0 fully saturated rings. The zero-order valence-electron chi connectivity index (χ0n) is 22.8. The lowest BCUT2D eigenvalue weighted by molar-refractivity contribution is 1.05. The Labute approximate surface area is 243 Å². The average Bonchev–Trinajstić information content (AvgIpc) is 3.59. The molecule has 0 bridgehead atoms. The van der Waals surface area contributed by atoms with Crippen molar-refractivity contribution >= 4 is 21.8 Å². The lowest BCUT2D eigenvalue weighted by atomic mass is 9.95. The highest BCUT2D eigenvalue weighted by atomic mass is 15.1. The second-order valence-electron chi connectivity index (χ2n) is 10.3. The maximum atomic E-state index is 4.55. The van der Waals surface area contributed by atoms with E-state index in [9.17, 15) is 0 Å². The van der Waals surface area contributed by atoms with Crippen LogP contribution in [0.15, 0.2) is 158 Å². The van der Waals surface area contributed by atoms with Crippen LogP contribution in [0.2, 0.25) is 0 Å². The molecule has 198 valence electrons. The van der Waals surface area contributed by atoms with E-state index in [0.717, 1.165) is 44.9 Å². The van der Waals surface area contributed by atoms with Crippen LogP contribution in [-0.4, -0.2) is 19.1 Å². The van der Waals surface area contributed by atoms with Gasteiger partial charge in [-0.1, -0.05) is 97.1 Å². The smallest absolute Gasteiger partial charge is 0.0795 e. The van der Waals surface area contributed by atoms with Crippen molar-refractivity contribution < 1.29 is 0 Å². The van der Waals surface area contributed by atoms with Gasteiger partial charge in [-0.2, -0.15) is 0 Å². The SMILES string of the molecule is c1ccc(-c2c(-c3c(-c4ccccc4)c4ccccc4n3-c3cccnc3)n(-c3cccnc3)c3ccccc23)cc1. The first-order valence-electron chi connectivity index (χ1n) is 14.1. The molecule has 0 unspecified atom stereocenters. The summed E-state index contributed by atoms with van der Waals surface area (Å²) in [5.41, 5.74) is 11.2. The standard InChI is InChI=1S/C38H26N4/c1-3-13-27(14-4-1)35-31-19-7-9-21-33(31)41(29-17-11-23-39-25-29)37(35)38-36(28-15-5-2-6-16-28)32-20-8-10-22-34(32)42(38)30-18-12-24-40-26-30/h1-26H. The van der Waals surface area contributed by atoms with Gasteiger partial charge in [-0.3, -0.25) is 9.97 Å². The third kappa shape index (κ3) is 3.77. The lowest BCUT2D eigenvalue weighted by Crippen LogP contribution is -2.04. The highest BCUT2D eigenvalue weighted by Crippen LogP contribution is 2.49. The van der Waals surface area contributed by atoms with Gasteiger partial charge in [0.2, 0.25) is 0 Å². The molecule has 8 aromatic rings. The van der Waals surface area contributed by atoms with Gasteiger partial charge in [-0.05, 0) is 47.5 Å². The largest absolute Gasteiger partial charge is 0.306 e. The van der Waals surface area contributed by atoms with Crippen molar-refractivity contribution in [2.24, 2.45) is 0 Å². The van der Waals surface area contributed by atoms with E-state index in [-0.39, 0.29) is 0 Å². The van der Waals surface area contributed by atoms with Gasteiger partial charge in [0.25, 0.3) is 0 Å². The summed E-state index contributed by atoms with van der Waals surface area (Å²) in [6, 6.07) is 47.1. The van der Waals surface area contributed by atoms with Crippen LogP contribution in [0, 0.1) is 0 Å². The minimum atomic E-state index is 1.01. The summed E-state index contributed by atoms with van der Waals surface area (Å²) in [5.74, 6) is 0. The number of rotatable bonds is 5. The van der Waals surface area contributed by atoms with E-state index in [1.54, 1.807) is 0 Å². The number of hydrogen-bond donors (Lipinski definition) is 0. The van der Waals surface area contributed by atoms with E-state index >= 15 is 0 Å². The monoisotopic (exact) mass is 538 g/mol. The number of para-hydroxylation sites is 2. The minimum Gasteiger partial charge on any atom is -0.306 e. The van der Waals surface area contributed by atoms with Crippen LogP contribution in [0.4, 0.5) is 0 Å². The van der Waals surface area contributed by atoms with Crippen LogP contribution in [0.25, 0.3) is 66.8 Å².